The van der Waals surface area contributed by atoms with Gasteiger partial charge in [0.05, 0.1) is 14.1 Å². The Kier molecular flexibility index (Phi) is 16.6. The molecular formula is C35H56NO3+. The van der Waals surface area contributed by atoms with Crippen LogP contribution in [0.15, 0.2) is 54.6 Å². The van der Waals surface area contributed by atoms with Crippen molar-refractivity contribution in [3.8, 4) is 5.75 Å². The lowest BCUT2D eigenvalue weighted by molar-refractivity contribution is -0.919. The van der Waals surface area contributed by atoms with Gasteiger partial charge in [-0.25, -0.2) is 4.79 Å². The highest BCUT2D eigenvalue weighted by Gasteiger charge is 2.34. The van der Waals surface area contributed by atoms with E-state index < -0.39 is 0 Å². The molecule has 0 saturated heterocycles. The van der Waals surface area contributed by atoms with Gasteiger partial charge in [-0.15, -0.1) is 0 Å². The molecule has 0 fully saturated rings. The maximum atomic E-state index is 12.9. The monoisotopic (exact) mass is 538 g/mol. The van der Waals surface area contributed by atoms with Crippen LogP contribution >= 0.6 is 0 Å². The van der Waals surface area contributed by atoms with Crippen molar-refractivity contribution in [3.05, 3.63) is 65.7 Å². The number of nitrogens with zero attached hydrogens (tertiary/aromatic N) is 1. The Balaban J connectivity index is 1.64. The van der Waals surface area contributed by atoms with Gasteiger partial charge in [0.25, 0.3) is 0 Å². The van der Waals surface area contributed by atoms with E-state index in [0.717, 1.165) is 25.1 Å². The summed E-state index contributed by atoms with van der Waals surface area (Å²) < 4.78 is 12.3. The third-order valence-corrected chi connectivity index (χ3v) is 7.79. The van der Waals surface area contributed by atoms with E-state index in [1.165, 1.54) is 88.2 Å². The number of carbonyl (C=O) groups is 1. The number of quaternary nitrogens is 1. The largest absolute Gasteiger partial charge is 0.490 e. The lowest BCUT2D eigenvalue weighted by Gasteiger charge is -2.36. The SMILES string of the molecule is CCCCCCCCCCCCCCc1ccccc1OCCOC(=O)C(CC)[N+](C)(C)Cc1ccccc1. The number of carbonyl (C=O) groups excluding carboxylic acids is 1. The fourth-order valence-corrected chi connectivity index (χ4v) is 5.51. The van der Waals surface area contributed by atoms with Crippen LogP contribution in [0.3, 0.4) is 0 Å². The molecule has 2 aromatic carbocycles. The van der Waals surface area contributed by atoms with Crippen LogP contribution in [0.2, 0.25) is 0 Å². The maximum Gasteiger partial charge on any atom is 0.365 e. The average Bonchev–Trinajstić information content (AvgIpc) is 2.93. The Labute approximate surface area is 239 Å². The summed E-state index contributed by atoms with van der Waals surface area (Å²) in [4.78, 5) is 12.9. The molecule has 0 saturated carbocycles. The van der Waals surface area contributed by atoms with Gasteiger partial charge in [0.2, 0.25) is 0 Å². The highest BCUT2D eigenvalue weighted by atomic mass is 16.6. The molecule has 218 valence electrons. The van der Waals surface area contributed by atoms with Gasteiger partial charge in [-0.2, -0.15) is 0 Å². The second-order valence-corrected chi connectivity index (χ2v) is 11.6. The second-order valence-electron chi connectivity index (χ2n) is 11.6. The summed E-state index contributed by atoms with van der Waals surface area (Å²) in [5.41, 5.74) is 2.48. The summed E-state index contributed by atoms with van der Waals surface area (Å²) in [6.07, 6.45) is 18.1. The molecule has 0 amide bonds. The van der Waals surface area contributed by atoms with Crippen molar-refractivity contribution < 1.29 is 18.8 Å². The van der Waals surface area contributed by atoms with Gasteiger partial charge in [0.15, 0.2) is 6.04 Å². The van der Waals surface area contributed by atoms with Crippen LogP contribution < -0.4 is 4.74 Å². The molecule has 39 heavy (non-hydrogen) atoms. The summed E-state index contributed by atoms with van der Waals surface area (Å²) in [5, 5.41) is 0. The topological polar surface area (TPSA) is 35.5 Å². The quantitative estimate of drug-likeness (QED) is 0.0853. The molecule has 0 N–H and O–H groups in total. The lowest BCUT2D eigenvalue weighted by atomic mass is 10.0. The number of likely N-dealkylation sites (N-methyl/N-ethyl adjacent to an activating group) is 1. The van der Waals surface area contributed by atoms with Crippen molar-refractivity contribution in [3.63, 3.8) is 0 Å². The smallest absolute Gasteiger partial charge is 0.365 e. The zero-order chi connectivity index (χ0) is 28.2. The predicted octanol–water partition coefficient (Wildman–Crippen LogP) is 8.91. The fraction of sp³-hybridized carbons (Fsp3) is 0.629. The van der Waals surface area contributed by atoms with E-state index in [4.69, 9.17) is 9.47 Å². The van der Waals surface area contributed by atoms with Gasteiger partial charge in [-0.1, -0.05) is 133 Å². The summed E-state index contributed by atoms with van der Waals surface area (Å²) in [7, 11) is 4.20. The molecule has 0 aliphatic rings. The van der Waals surface area contributed by atoms with Crippen LogP contribution in [0.1, 0.15) is 108 Å². The average molecular weight is 539 g/mol. The van der Waals surface area contributed by atoms with E-state index in [9.17, 15) is 4.79 Å². The summed E-state index contributed by atoms with van der Waals surface area (Å²) in [5.74, 6) is 0.774. The van der Waals surface area contributed by atoms with Crippen molar-refractivity contribution in [1.29, 1.82) is 0 Å². The molecule has 0 spiro atoms. The van der Waals surface area contributed by atoms with E-state index in [1.807, 2.05) is 30.3 Å². The number of rotatable bonds is 22. The molecule has 1 atom stereocenters. The Morgan fingerprint density at radius 2 is 1.28 bits per heavy atom. The Bertz CT molecular complexity index is 896. The third kappa shape index (κ3) is 13.5. The van der Waals surface area contributed by atoms with Gasteiger partial charge in [-0.05, 0) is 24.5 Å². The van der Waals surface area contributed by atoms with E-state index in [0.29, 0.717) is 11.1 Å². The molecule has 1 unspecified atom stereocenters. The van der Waals surface area contributed by atoms with Crippen LogP contribution in [-0.2, 0) is 22.5 Å². The van der Waals surface area contributed by atoms with Crippen molar-refractivity contribution in [1.82, 2.24) is 0 Å². The molecular weight excluding hydrogens is 482 g/mol. The molecule has 0 radical (unpaired) electrons. The van der Waals surface area contributed by atoms with Gasteiger partial charge in [0.1, 0.15) is 25.5 Å². The number of esters is 1. The number of ether oxygens (including phenoxy) is 2. The molecule has 0 aliphatic carbocycles. The summed E-state index contributed by atoms with van der Waals surface area (Å²) >= 11 is 0. The number of benzene rings is 2. The molecule has 2 aromatic rings. The van der Waals surface area contributed by atoms with Crippen molar-refractivity contribution in [2.75, 3.05) is 27.3 Å². The van der Waals surface area contributed by atoms with E-state index >= 15 is 0 Å². The Morgan fingerprint density at radius 3 is 1.90 bits per heavy atom. The lowest BCUT2D eigenvalue weighted by Crippen LogP contribution is -2.52. The van der Waals surface area contributed by atoms with Crippen LogP contribution in [0, 0.1) is 0 Å². The van der Waals surface area contributed by atoms with Gasteiger partial charge >= 0.3 is 5.97 Å². The zero-order valence-electron chi connectivity index (χ0n) is 25.5. The van der Waals surface area contributed by atoms with Crippen LogP contribution in [0.25, 0.3) is 0 Å². The predicted molar refractivity (Wildman–Crippen MR) is 164 cm³/mol. The van der Waals surface area contributed by atoms with Crippen LogP contribution in [-0.4, -0.2) is 43.8 Å². The number of para-hydroxylation sites is 1. The van der Waals surface area contributed by atoms with Crippen LogP contribution in [0.4, 0.5) is 0 Å². The first kappa shape index (κ1) is 32.9. The number of hydrogen-bond donors (Lipinski definition) is 0. The number of aryl methyl sites for hydroxylation is 1. The molecule has 0 bridgehead atoms. The third-order valence-electron chi connectivity index (χ3n) is 7.79. The standard InChI is InChI=1S/C35H56NO3/c1-5-7-8-9-10-11-12-13-14-15-16-20-25-32-26-21-22-27-34(32)38-28-29-39-35(37)33(6-2)36(3,4)30-31-23-18-17-19-24-31/h17-19,21-24,26-27,33H,5-16,20,25,28-30H2,1-4H3/q+1. The van der Waals surface area contributed by atoms with Crippen molar-refractivity contribution in [2.45, 2.75) is 116 Å². The molecule has 2 rings (SSSR count). The van der Waals surface area contributed by atoms with Gasteiger partial charge in [0, 0.05) is 12.0 Å². The van der Waals surface area contributed by atoms with Gasteiger partial charge < -0.3 is 14.0 Å². The van der Waals surface area contributed by atoms with Gasteiger partial charge in [-0.3, -0.25) is 0 Å². The van der Waals surface area contributed by atoms with Crippen LogP contribution in [0.5, 0.6) is 5.75 Å². The molecule has 4 heteroatoms. The van der Waals surface area contributed by atoms with Crippen molar-refractivity contribution in [2.24, 2.45) is 0 Å². The van der Waals surface area contributed by atoms with E-state index in [-0.39, 0.29) is 18.6 Å². The second kappa shape index (κ2) is 19.7. The minimum absolute atomic E-state index is 0.146. The fourth-order valence-electron chi connectivity index (χ4n) is 5.51. The van der Waals surface area contributed by atoms with E-state index in [2.05, 4.69) is 52.2 Å². The molecule has 0 aromatic heterocycles. The van der Waals surface area contributed by atoms with Crippen molar-refractivity contribution >= 4 is 5.97 Å². The molecule has 4 nitrogen and oxygen atoms in total. The maximum absolute atomic E-state index is 12.9. The zero-order valence-corrected chi connectivity index (χ0v) is 25.5. The minimum Gasteiger partial charge on any atom is -0.490 e. The number of unbranched alkanes of at least 4 members (excludes halogenated alkanes) is 11. The number of hydrogen-bond acceptors (Lipinski definition) is 3. The molecule has 0 aliphatic heterocycles. The highest BCUT2D eigenvalue weighted by molar-refractivity contribution is 5.74. The summed E-state index contributed by atoms with van der Waals surface area (Å²) in [6.45, 7) is 5.77. The summed E-state index contributed by atoms with van der Waals surface area (Å²) in [6, 6.07) is 18.4. The first-order valence-electron chi connectivity index (χ1n) is 15.7. The highest BCUT2D eigenvalue weighted by Crippen LogP contribution is 2.22. The van der Waals surface area contributed by atoms with E-state index in [1.54, 1.807) is 0 Å². The first-order valence-corrected chi connectivity index (χ1v) is 15.7. The Morgan fingerprint density at radius 1 is 0.718 bits per heavy atom. The minimum atomic E-state index is -0.205. The normalized spacial score (nSPS) is 12.3. The molecule has 0 heterocycles. The Hall–Kier alpha value is -2.33. The first-order chi connectivity index (χ1) is 19.0.